The fourth-order valence-corrected chi connectivity index (χ4v) is 1.60. The summed E-state index contributed by atoms with van der Waals surface area (Å²) in [6.45, 7) is 6.70. The van der Waals surface area contributed by atoms with Crippen molar-refractivity contribution in [1.82, 2.24) is 0 Å². The number of ether oxygens (including phenoxy) is 1. The molecule has 2 nitrogen and oxygen atoms in total. The molecule has 3 heteroatoms. The summed E-state index contributed by atoms with van der Waals surface area (Å²) < 4.78 is 5.42. The highest BCUT2D eigenvalue weighted by molar-refractivity contribution is 6.30. The molecule has 1 aromatic carbocycles. The third-order valence-corrected chi connectivity index (χ3v) is 2.52. The minimum Gasteiger partial charge on any atom is -0.478 e. The van der Waals surface area contributed by atoms with E-state index in [-0.39, 0.29) is 6.04 Å². The maximum atomic E-state index is 5.81. The van der Waals surface area contributed by atoms with Crippen LogP contribution < -0.4 is 0 Å². The number of hydrogen-bond acceptors (Lipinski definition) is 2. The van der Waals surface area contributed by atoms with Gasteiger partial charge >= 0.3 is 0 Å². The lowest BCUT2D eigenvalue weighted by molar-refractivity contribution is 0.313. The predicted octanol–water partition coefficient (Wildman–Crippen LogP) is 4.25. The molecule has 0 spiro atoms. The first-order valence-electron chi connectivity index (χ1n) is 5.74. The fourth-order valence-electron chi connectivity index (χ4n) is 1.47. The Hall–Kier alpha value is -1.02. The molecule has 2 rings (SSSR count). The first-order chi connectivity index (χ1) is 7.79. The van der Waals surface area contributed by atoms with Gasteiger partial charge in [0.15, 0.2) is 5.90 Å². The molecule has 0 saturated carbocycles. The van der Waals surface area contributed by atoms with Gasteiger partial charge < -0.3 is 4.74 Å². The van der Waals surface area contributed by atoms with E-state index in [4.69, 9.17) is 16.3 Å². The molecule has 88 valence electrons. The summed E-state index contributed by atoms with van der Waals surface area (Å²) in [6.07, 6.45) is 0.865. The summed E-state index contributed by atoms with van der Waals surface area (Å²) in [5.41, 5.74) is 1.16. The fraction of sp³-hybridized carbons (Fsp3) is 0.462. The van der Waals surface area contributed by atoms with E-state index in [0.29, 0.717) is 6.61 Å². The monoisotopic (exact) mass is 239 g/mol. The van der Waals surface area contributed by atoms with Gasteiger partial charge in [-0.25, -0.2) is 4.99 Å². The van der Waals surface area contributed by atoms with E-state index < -0.39 is 0 Å². The topological polar surface area (TPSA) is 21.6 Å². The standard InChI is InChI=1S/C11H12ClNO.C2H6/c1-2-11-13-10(7-14-11)8-3-5-9(12)6-4-8;1-2/h3-6,10H,2,7H2,1H3;1-2H3. The van der Waals surface area contributed by atoms with Gasteiger partial charge in [0.25, 0.3) is 0 Å². The molecule has 1 heterocycles. The van der Waals surface area contributed by atoms with Crippen molar-refractivity contribution >= 4 is 17.5 Å². The molecular formula is C13H18ClNO. The minimum absolute atomic E-state index is 0.155. The van der Waals surface area contributed by atoms with Gasteiger partial charge in [0, 0.05) is 11.4 Å². The Morgan fingerprint density at radius 2 is 1.94 bits per heavy atom. The largest absolute Gasteiger partial charge is 0.478 e. The highest BCUT2D eigenvalue weighted by atomic mass is 35.5. The zero-order chi connectivity index (χ0) is 12.0. The van der Waals surface area contributed by atoms with E-state index >= 15 is 0 Å². The Labute approximate surface area is 102 Å². The first kappa shape index (κ1) is 13.0. The number of nitrogens with zero attached hydrogens (tertiary/aromatic N) is 1. The second kappa shape index (κ2) is 6.54. The third kappa shape index (κ3) is 3.24. The molecule has 1 atom stereocenters. The van der Waals surface area contributed by atoms with E-state index in [1.165, 1.54) is 0 Å². The van der Waals surface area contributed by atoms with Gasteiger partial charge in [-0.3, -0.25) is 0 Å². The van der Waals surface area contributed by atoms with Crippen LogP contribution in [0.5, 0.6) is 0 Å². The number of hydrogen-bond donors (Lipinski definition) is 0. The Kier molecular flexibility index (Phi) is 5.33. The number of benzene rings is 1. The van der Waals surface area contributed by atoms with Crippen LogP contribution in [0.25, 0.3) is 0 Å². The summed E-state index contributed by atoms with van der Waals surface area (Å²) in [4.78, 5) is 4.46. The Bertz CT molecular complexity index is 345. The quantitative estimate of drug-likeness (QED) is 0.756. The summed E-state index contributed by atoms with van der Waals surface area (Å²) in [5, 5.41) is 0.757. The van der Waals surface area contributed by atoms with Crippen LogP contribution in [0, 0.1) is 0 Å². The zero-order valence-electron chi connectivity index (χ0n) is 10.0. The summed E-state index contributed by atoms with van der Waals surface area (Å²) in [5.74, 6) is 0.852. The van der Waals surface area contributed by atoms with E-state index in [1.807, 2.05) is 45.0 Å². The highest BCUT2D eigenvalue weighted by Gasteiger charge is 2.18. The Balaban J connectivity index is 0.000000606. The lowest BCUT2D eigenvalue weighted by Gasteiger charge is -2.04. The average molecular weight is 240 g/mol. The molecule has 0 radical (unpaired) electrons. The summed E-state index contributed by atoms with van der Waals surface area (Å²) >= 11 is 5.81. The molecule has 16 heavy (non-hydrogen) atoms. The van der Waals surface area contributed by atoms with Crippen molar-refractivity contribution in [2.75, 3.05) is 6.61 Å². The van der Waals surface area contributed by atoms with E-state index in [1.54, 1.807) is 0 Å². The van der Waals surface area contributed by atoms with Crippen LogP contribution in [0.1, 0.15) is 38.8 Å². The molecule has 1 unspecified atom stereocenters. The summed E-state index contributed by atoms with van der Waals surface area (Å²) in [7, 11) is 0. The molecule has 0 saturated heterocycles. The van der Waals surface area contributed by atoms with Gasteiger partial charge in [-0.1, -0.05) is 44.5 Å². The van der Waals surface area contributed by atoms with E-state index in [0.717, 1.165) is 22.9 Å². The van der Waals surface area contributed by atoms with Gasteiger partial charge in [-0.05, 0) is 17.7 Å². The lowest BCUT2D eigenvalue weighted by Crippen LogP contribution is -1.98. The molecular weight excluding hydrogens is 222 g/mol. The SMILES string of the molecule is CC.CCC1=NC(c2ccc(Cl)cc2)CO1. The molecule has 0 amide bonds. The molecule has 0 aromatic heterocycles. The van der Waals surface area contributed by atoms with Crippen LogP contribution in [0.3, 0.4) is 0 Å². The average Bonchev–Trinajstić information content (AvgIpc) is 2.81. The molecule has 1 aliphatic rings. The third-order valence-electron chi connectivity index (χ3n) is 2.26. The van der Waals surface area contributed by atoms with Crippen LogP contribution in [0.4, 0.5) is 0 Å². The van der Waals surface area contributed by atoms with Crippen molar-refractivity contribution in [3.63, 3.8) is 0 Å². The number of aliphatic imine (C=N–C) groups is 1. The normalized spacial score (nSPS) is 18.2. The highest BCUT2D eigenvalue weighted by Crippen LogP contribution is 2.24. The number of halogens is 1. The molecule has 0 fully saturated rings. The van der Waals surface area contributed by atoms with Crippen LogP contribution in [0.15, 0.2) is 29.3 Å². The molecule has 0 bridgehead atoms. The van der Waals surface area contributed by atoms with Crippen LogP contribution >= 0.6 is 11.6 Å². The van der Waals surface area contributed by atoms with Gasteiger partial charge in [0.05, 0.1) is 0 Å². The van der Waals surface area contributed by atoms with Crippen molar-refractivity contribution in [3.05, 3.63) is 34.9 Å². The molecule has 1 aliphatic heterocycles. The maximum absolute atomic E-state index is 5.81. The van der Waals surface area contributed by atoms with Gasteiger partial charge in [0.1, 0.15) is 12.6 Å². The van der Waals surface area contributed by atoms with Crippen LogP contribution in [0.2, 0.25) is 5.02 Å². The van der Waals surface area contributed by atoms with Crippen molar-refractivity contribution in [2.24, 2.45) is 4.99 Å². The van der Waals surface area contributed by atoms with Crippen molar-refractivity contribution < 1.29 is 4.74 Å². The van der Waals surface area contributed by atoms with Gasteiger partial charge in [-0.15, -0.1) is 0 Å². The van der Waals surface area contributed by atoms with Gasteiger partial charge in [0.2, 0.25) is 0 Å². The maximum Gasteiger partial charge on any atom is 0.183 e. The Morgan fingerprint density at radius 3 is 2.44 bits per heavy atom. The minimum atomic E-state index is 0.155. The van der Waals surface area contributed by atoms with Crippen LogP contribution in [-0.2, 0) is 4.74 Å². The zero-order valence-corrected chi connectivity index (χ0v) is 10.8. The van der Waals surface area contributed by atoms with Crippen LogP contribution in [-0.4, -0.2) is 12.5 Å². The summed E-state index contributed by atoms with van der Waals surface area (Å²) in [6, 6.07) is 7.92. The van der Waals surface area contributed by atoms with Crippen molar-refractivity contribution in [1.29, 1.82) is 0 Å². The molecule has 0 N–H and O–H groups in total. The van der Waals surface area contributed by atoms with E-state index in [9.17, 15) is 0 Å². The number of rotatable bonds is 2. The predicted molar refractivity (Wildman–Crippen MR) is 69.2 cm³/mol. The van der Waals surface area contributed by atoms with Gasteiger partial charge in [-0.2, -0.15) is 0 Å². The van der Waals surface area contributed by atoms with Crippen molar-refractivity contribution in [2.45, 2.75) is 33.2 Å². The first-order valence-corrected chi connectivity index (χ1v) is 6.12. The van der Waals surface area contributed by atoms with E-state index in [2.05, 4.69) is 4.99 Å². The lowest BCUT2D eigenvalue weighted by atomic mass is 10.1. The molecule has 0 aliphatic carbocycles. The molecule has 1 aromatic rings. The van der Waals surface area contributed by atoms with Crippen molar-refractivity contribution in [3.8, 4) is 0 Å². The smallest absolute Gasteiger partial charge is 0.183 e. The second-order valence-corrected chi connectivity index (χ2v) is 3.69. The Morgan fingerprint density at radius 1 is 1.31 bits per heavy atom. The second-order valence-electron chi connectivity index (χ2n) is 3.25.